The van der Waals surface area contributed by atoms with Crippen LogP contribution in [-0.4, -0.2) is 41.5 Å². The molecule has 1 aromatic heterocycles. The third-order valence-corrected chi connectivity index (χ3v) is 3.07. The zero-order chi connectivity index (χ0) is 13.7. The van der Waals surface area contributed by atoms with Crippen molar-refractivity contribution in [3.8, 4) is 0 Å². The molecule has 1 aromatic rings. The van der Waals surface area contributed by atoms with Crippen LogP contribution in [-0.2, 0) is 16.6 Å². The second-order valence-electron chi connectivity index (χ2n) is 4.13. The summed E-state index contributed by atoms with van der Waals surface area (Å²) in [4.78, 5) is 25.0. The van der Waals surface area contributed by atoms with Crippen LogP contribution in [0.1, 0.15) is 29.5 Å². The lowest BCUT2D eigenvalue weighted by Gasteiger charge is -2.20. The van der Waals surface area contributed by atoms with Gasteiger partial charge in [-0.05, 0) is 26.0 Å². The molecule has 0 N–H and O–H groups in total. The third kappa shape index (κ3) is 3.12. The molecule has 0 saturated carbocycles. The molecule has 0 bridgehead atoms. The van der Waals surface area contributed by atoms with E-state index in [0.29, 0.717) is 18.8 Å². The van der Waals surface area contributed by atoms with Gasteiger partial charge in [-0.25, -0.2) is 0 Å². The highest BCUT2D eigenvalue weighted by molar-refractivity contribution is 5.93. The standard InChI is InChI=1S/C13H20N2O3/c1-5-15(9-8-12(16)18-4)13(17)11-7-6-10(2)14(11)3/h6-7H,5,8-9H2,1-4H3. The monoisotopic (exact) mass is 252 g/mol. The molecule has 18 heavy (non-hydrogen) atoms. The third-order valence-electron chi connectivity index (χ3n) is 3.07. The lowest BCUT2D eigenvalue weighted by atomic mass is 10.3. The van der Waals surface area contributed by atoms with Crippen LogP contribution in [0.25, 0.3) is 0 Å². The quantitative estimate of drug-likeness (QED) is 0.743. The number of esters is 1. The Morgan fingerprint density at radius 2 is 2.06 bits per heavy atom. The number of ether oxygens (including phenoxy) is 1. The number of rotatable bonds is 5. The molecule has 1 heterocycles. The van der Waals surface area contributed by atoms with Gasteiger partial charge < -0.3 is 14.2 Å². The highest BCUT2D eigenvalue weighted by Gasteiger charge is 2.18. The fraction of sp³-hybridized carbons (Fsp3) is 0.538. The van der Waals surface area contributed by atoms with Gasteiger partial charge in [0, 0.05) is 25.8 Å². The Labute approximate surface area is 107 Å². The number of aromatic nitrogens is 1. The molecule has 0 spiro atoms. The zero-order valence-corrected chi connectivity index (χ0v) is 11.4. The van der Waals surface area contributed by atoms with Crippen molar-refractivity contribution in [2.75, 3.05) is 20.2 Å². The lowest BCUT2D eigenvalue weighted by Crippen LogP contribution is -2.34. The van der Waals surface area contributed by atoms with Gasteiger partial charge in [0.1, 0.15) is 5.69 Å². The summed E-state index contributed by atoms with van der Waals surface area (Å²) in [5.74, 6) is -0.360. The minimum atomic E-state index is -0.302. The molecule has 100 valence electrons. The smallest absolute Gasteiger partial charge is 0.307 e. The number of aryl methyl sites for hydroxylation is 1. The first-order valence-electron chi connectivity index (χ1n) is 5.99. The summed E-state index contributed by atoms with van der Waals surface area (Å²) in [6.45, 7) is 4.79. The van der Waals surface area contributed by atoms with Crippen LogP contribution < -0.4 is 0 Å². The molecule has 0 aliphatic heterocycles. The van der Waals surface area contributed by atoms with Crippen LogP contribution in [0, 0.1) is 6.92 Å². The summed E-state index contributed by atoms with van der Waals surface area (Å²) in [5, 5.41) is 0. The van der Waals surface area contributed by atoms with E-state index < -0.39 is 0 Å². The van der Waals surface area contributed by atoms with Crippen molar-refractivity contribution in [1.29, 1.82) is 0 Å². The second kappa shape index (κ2) is 6.23. The van der Waals surface area contributed by atoms with Crippen molar-refractivity contribution in [1.82, 2.24) is 9.47 Å². The average Bonchev–Trinajstić information content (AvgIpc) is 2.70. The Bertz CT molecular complexity index is 437. The summed E-state index contributed by atoms with van der Waals surface area (Å²) in [7, 11) is 3.21. The summed E-state index contributed by atoms with van der Waals surface area (Å²) >= 11 is 0. The fourth-order valence-corrected chi connectivity index (χ4v) is 1.72. The Kier molecular flexibility index (Phi) is 4.95. The van der Waals surface area contributed by atoms with Crippen molar-refractivity contribution in [2.45, 2.75) is 20.3 Å². The molecule has 0 aliphatic rings. The van der Waals surface area contributed by atoms with E-state index in [1.165, 1.54) is 7.11 Å². The van der Waals surface area contributed by atoms with Gasteiger partial charge in [-0.3, -0.25) is 9.59 Å². The van der Waals surface area contributed by atoms with Crippen molar-refractivity contribution in [3.05, 3.63) is 23.5 Å². The first-order valence-corrected chi connectivity index (χ1v) is 5.99. The largest absolute Gasteiger partial charge is 0.469 e. The second-order valence-corrected chi connectivity index (χ2v) is 4.13. The number of carbonyl (C=O) groups is 2. The van der Waals surface area contributed by atoms with Crippen LogP contribution in [0.15, 0.2) is 12.1 Å². The van der Waals surface area contributed by atoms with Crippen molar-refractivity contribution >= 4 is 11.9 Å². The SMILES string of the molecule is CCN(CCC(=O)OC)C(=O)c1ccc(C)n1C. The van der Waals surface area contributed by atoms with Crippen LogP contribution in [0.4, 0.5) is 0 Å². The molecular formula is C13H20N2O3. The highest BCUT2D eigenvalue weighted by Crippen LogP contribution is 2.09. The van der Waals surface area contributed by atoms with Gasteiger partial charge >= 0.3 is 5.97 Å². The van der Waals surface area contributed by atoms with E-state index in [4.69, 9.17) is 0 Å². The summed E-state index contributed by atoms with van der Waals surface area (Å²) < 4.78 is 6.43. The molecule has 5 nitrogen and oxygen atoms in total. The van der Waals surface area contributed by atoms with Gasteiger partial charge in [-0.2, -0.15) is 0 Å². The van der Waals surface area contributed by atoms with Gasteiger partial charge in [-0.1, -0.05) is 0 Å². The fourth-order valence-electron chi connectivity index (χ4n) is 1.72. The molecule has 0 unspecified atom stereocenters. The molecule has 0 aromatic carbocycles. The van der Waals surface area contributed by atoms with E-state index in [2.05, 4.69) is 4.74 Å². The first kappa shape index (κ1) is 14.3. The maximum absolute atomic E-state index is 12.3. The molecule has 0 radical (unpaired) electrons. The minimum Gasteiger partial charge on any atom is -0.469 e. The normalized spacial score (nSPS) is 10.2. The van der Waals surface area contributed by atoms with Gasteiger partial charge in [0.05, 0.1) is 13.5 Å². The molecule has 0 saturated heterocycles. The molecule has 0 atom stereocenters. The minimum absolute atomic E-state index is 0.0583. The highest BCUT2D eigenvalue weighted by atomic mass is 16.5. The van der Waals surface area contributed by atoms with E-state index in [1.54, 1.807) is 11.0 Å². The number of methoxy groups -OCH3 is 1. The Balaban J connectivity index is 2.73. The molecular weight excluding hydrogens is 232 g/mol. The van der Waals surface area contributed by atoms with Crippen LogP contribution in [0.5, 0.6) is 0 Å². The van der Waals surface area contributed by atoms with Gasteiger partial charge in [0.15, 0.2) is 0 Å². The zero-order valence-electron chi connectivity index (χ0n) is 11.4. The average molecular weight is 252 g/mol. The van der Waals surface area contributed by atoms with E-state index in [-0.39, 0.29) is 18.3 Å². The topological polar surface area (TPSA) is 51.5 Å². The summed E-state index contributed by atoms with van der Waals surface area (Å²) in [5.41, 5.74) is 1.67. The molecule has 1 rings (SSSR count). The van der Waals surface area contributed by atoms with Gasteiger partial charge in [-0.15, -0.1) is 0 Å². The molecule has 1 amide bonds. The molecule has 5 heteroatoms. The Morgan fingerprint density at radius 1 is 1.39 bits per heavy atom. The molecule has 0 fully saturated rings. The predicted octanol–water partition coefficient (Wildman–Crippen LogP) is 1.36. The predicted molar refractivity (Wildman–Crippen MR) is 68.4 cm³/mol. The van der Waals surface area contributed by atoms with Crippen LogP contribution in [0.3, 0.4) is 0 Å². The Hall–Kier alpha value is -1.78. The van der Waals surface area contributed by atoms with Crippen molar-refractivity contribution in [2.24, 2.45) is 7.05 Å². The van der Waals surface area contributed by atoms with E-state index >= 15 is 0 Å². The van der Waals surface area contributed by atoms with E-state index in [1.807, 2.05) is 31.5 Å². The number of carbonyl (C=O) groups excluding carboxylic acids is 2. The van der Waals surface area contributed by atoms with E-state index in [0.717, 1.165) is 5.69 Å². The van der Waals surface area contributed by atoms with Gasteiger partial charge in [0.25, 0.3) is 5.91 Å². The Morgan fingerprint density at radius 3 is 2.50 bits per heavy atom. The number of hydrogen-bond donors (Lipinski definition) is 0. The summed E-state index contributed by atoms with van der Waals surface area (Å²) in [6, 6.07) is 3.71. The lowest BCUT2D eigenvalue weighted by molar-refractivity contribution is -0.140. The van der Waals surface area contributed by atoms with Crippen molar-refractivity contribution in [3.63, 3.8) is 0 Å². The van der Waals surface area contributed by atoms with Gasteiger partial charge in [0.2, 0.25) is 0 Å². The first-order chi connectivity index (χ1) is 8.51. The number of hydrogen-bond acceptors (Lipinski definition) is 3. The molecule has 0 aliphatic carbocycles. The number of nitrogens with zero attached hydrogens (tertiary/aromatic N) is 2. The van der Waals surface area contributed by atoms with Crippen LogP contribution in [0.2, 0.25) is 0 Å². The van der Waals surface area contributed by atoms with Crippen LogP contribution >= 0.6 is 0 Å². The van der Waals surface area contributed by atoms with Crippen molar-refractivity contribution < 1.29 is 14.3 Å². The summed E-state index contributed by atoms with van der Waals surface area (Å²) in [6.07, 6.45) is 0.222. The number of amides is 1. The maximum atomic E-state index is 12.3. The maximum Gasteiger partial charge on any atom is 0.307 e. The van der Waals surface area contributed by atoms with E-state index in [9.17, 15) is 9.59 Å².